The highest BCUT2D eigenvalue weighted by Gasteiger charge is 2.10. The summed E-state index contributed by atoms with van der Waals surface area (Å²) in [6.07, 6.45) is 1.39. The smallest absolute Gasteiger partial charge is 0.272 e. The fraction of sp³-hybridized carbons (Fsp3) is 0. The van der Waals surface area contributed by atoms with Crippen LogP contribution in [0.4, 0.5) is 0 Å². The molecule has 5 nitrogen and oxygen atoms in total. The van der Waals surface area contributed by atoms with Crippen molar-refractivity contribution in [1.82, 2.24) is 15.6 Å². The lowest BCUT2D eigenvalue weighted by Crippen LogP contribution is -2.18. The highest BCUT2D eigenvalue weighted by molar-refractivity contribution is 6.38. The van der Waals surface area contributed by atoms with Crippen LogP contribution in [-0.2, 0) is 0 Å². The van der Waals surface area contributed by atoms with Gasteiger partial charge in [-0.3, -0.25) is 9.89 Å². The second-order valence-electron chi connectivity index (χ2n) is 5.01. The first-order valence-corrected chi connectivity index (χ1v) is 8.27. The molecule has 1 amide bonds. The molecule has 0 radical (unpaired) electrons. The summed E-state index contributed by atoms with van der Waals surface area (Å²) in [5.41, 5.74) is 4.66. The van der Waals surface area contributed by atoms with Crippen LogP contribution in [-0.4, -0.2) is 22.3 Å². The third-order valence-electron chi connectivity index (χ3n) is 3.32. The van der Waals surface area contributed by atoms with E-state index in [4.69, 9.17) is 34.8 Å². The van der Waals surface area contributed by atoms with Crippen LogP contribution in [0.25, 0.3) is 11.3 Å². The number of nitrogens with one attached hydrogen (secondary N) is 2. The van der Waals surface area contributed by atoms with Gasteiger partial charge in [0.15, 0.2) is 0 Å². The third kappa shape index (κ3) is 4.20. The van der Waals surface area contributed by atoms with Crippen molar-refractivity contribution in [2.75, 3.05) is 0 Å². The van der Waals surface area contributed by atoms with E-state index in [1.165, 1.54) is 6.21 Å². The summed E-state index contributed by atoms with van der Waals surface area (Å²) >= 11 is 17.9. The molecule has 3 aromatic rings. The monoisotopic (exact) mass is 392 g/mol. The lowest BCUT2D eigenvalue weighted by molar-refractivity contribution is 0.0950. The first-order chi connectivity index (χ1) is 12.0. The molecular weight excluding hydrogens is 383 g/mol. The number of amides is 1. The fourth-order valence-electron chi connectivity index (χ4n) is 2.06. The lowest BCUT2D eigenvalue weighted by Gasteiger charge is -2.00. The van der Waals surface area contributed by atoms with Gasteiger partial charge in [0.25, 0.3) is 5.91 Å². The topological polar surface area (TPSA) is 70.1 Å². The first kappa shape index (κ1) is 17.5. The summed E-state index contributed by atoms with van der Waals surface area (Å²) in [5.74, 6) is -0.438. The first-order valence-electron chi connectivity index (χ1n) is 7.13. The SMILES string of the molecule is O=C(NN=Cc1c(Cl)cccc1Cl)c1cc(-c2ccc(Cl)cc2)n[nH]1. The molecule has 0 spiro atoms. The quantitative estimate of drug-likeness (QED) is 0.494. The summed E-state index contributed by atoms with van der Waals surface area (Å²) in [6.45, 7) is 0. The number of halogens is 3. The van der Waals surface area contributed by atoms with Crippen LogP contribution >= 0.6 is 34.8 Å². The van der Waals surface area contributed by atoms with E-state index < -0.39 is 5.91 Å². The average molecular weight is 394 g/mol. The van der Waals surface area contributed by atoms with E-state index >= 15 is 0 Å². The van der Waals surface area contributed by atoms with Crippen LogP contribution in [0.3, 0.4) is 0 Å². The van der Waals surface area contributed by atoms with Gasteiger partial charge in [0.2, 0.25) is 0 Å². The molecule has 1 aromatic heterocycles. The van der Waals surface area contributed by atoms with Crippen LogP contribution in [0.15, 0.2) is 53.6 Å². The number of carbonyl (C=O) groups is 1. The van der Waals surface area contributed by atoms with Crippen LogP contribution in [0.1, 0.15) is 16.1 Å². The Morgan fingerprint density at radius 1 is 1.08 bits per heavy atom. The molecule has 0 saturated carbocycles. The van der Waals surface area contributed by atoms with Crippen molar-refractivity contribution in [2.45, 2.75) is 0 Å². The Morgan fingerprint density at radius 3 is 2.44 bits per heavy atom. The molecule has 0 fully saturated rings. The van der Waals surface area contributed by atoms with E-state index in [9.17, 15) is 4.79 Å². The van der Waals surface area contributed by atoms with Gasteiger partial charge in [-0.1, -0.05) is 53.0 Å². The molecule has 0 saturated heterocycles. The molecule has 1 heterocycles. The minimum atomic E-state index is -0.438. The zero-order valence-electron chi connectivity index (χ0n) is 12.6. The Labute approximate surface area is 158 Å². The number of hydrogen-bond acceptors (Lipinski definition) is 3. The van der Waals surface area contributed by atoms with E-state index in [0.717, 1.165) is 5.56 Å². The van der Waals surface area contributed by atoms with Crippen molar-refractivity contribution in [2.24, 2.45) is 5.10 Å². The van der Waals surface area contributed by atoms with Crippen molar-refractivity contribution in [3.05, 3.63) is 74.9 Å². The van der Waals surface area contributed by atoms with E-state index in [0.29, 0.717) is 26.3 Å². The second-order valence-corrected chi connectivity index (χ2v) is 6.26. The normalized spacial score (nSPS) is 11.0. The summed E-state index contributed by atoms with van der Waals surface area (Å²) in [6, 6.07) is 13.9. The van der Waals surface area contributed by atoms with Crippen LogP contribution in [0.2, 0.25) is 15.1 Å². The number of rotatable bonds is 4. The summed E-state index contributed by atoms with van der Waals surface area (Å²) in [4.78, 5) is 12.1. The standard InChI is InChI=1S/C17H11Cl3N4O/c18-11-6-4-10(5-7-11)15-8-16(23-22-15)17(25)24-21-9-12-13(19)2-1-3-14(12)20/h1-9H,(H,22,23)(H,24,25). The van der Waals surface area contributed by atoms with Gasteiger partial charge in [0.05, 0.1) is 22.0 Å². The largest absolute Gasteiger partial charge is 0.289 e. The summed E-state index contributed by atoms with van der Waals surface area (Å²) in [7, 11) is 0. The van der Waals surface area contributed by atoms with Gasteiger partial charge in [-0.05, 0) is 30.3 Å². The molecule has 2 N–H and O–H groups in total. The number of aromatic nitrogens is 2. The molecule has 0 aliphatic rings. The van der Waals surface area contributed by atoms with Crippen LogP contribution in [0, 0.1) is 0 Å². The molecule has 126 valence electrons. The maximum atomic E-state index is 12.1. The number of H-pyrrole nitrogens is 1. The number of hydrazone groups is 1. The van der Waals surface area contributed by atoms with Gasteiger partial charge in [-0.25, -0.2) is 5.43 Å². The Balaban J connectivity index is 1.70. The predicted octanol–water partition coefficient (Wildman–Crippen LogP) is 4.80. The van der Waals surface area contributed by atoms with Gasteiger partial charge >= 0.3 is 0 Å². The van der Waals surface area contributed by atoms with Gasteiger partial charge in [0.1, 0.15) is 5.69 Å². The van der Waals surface area contributed by atoms with Crippen molar-refractivity contribution < 1.29 is 4.79 Å². The second kappa shape index (κ2) is 7.70. The molecule has 0 aliphatic heterocycles. The third-order valence-corrected chi connectivity index (χ3v) is 4.23. The van der Waals surface area contributed by atoms with Crippen molar-refractivity contribution in [3.8, 4) is 11.3 Å². The van der Waals surface area contributed by atoms with Gasteiger partial charge in [0, 0.05) is 16.1 Å². The van der Waals surface area contributed by atoms with E-state index in [1.54, 1.807) is 36.4 Å². The number of nitrogens with zero attached hydrogens (tertiary/aromatic N) is 2. The highest BCUT2D eigenvalue weighted by Crippen LogP contribution is 2.22. The van der Waals surface area contributed by atoms with Crippen LogP contribution in [0.5, 0.6) is 0 Å². The molecular formula is C17H11Cl3N4O. The van der Waals surface area contributed by atoms with Gasteiger partial charge in [-0.2, -0.15) is 10.2 Å². The van der Waals surface area contributed by atoms with Crippen molar-refractivity contribution >= 4 is 46.9 Å². The number of benzene rings is 2. The predicted molar refractivity (Wildman–Crippen MR) is 101 cm³/mol. The minimum absolute atomic E-state index is 0.271. The van der Waals surface area contributed by atoms with Gasteiger partial charge in [-0.15, -0.1) is 0 Å². The summed E-state index contributed by atoms with van der Waals surface area (Å²) < 4.78 is 0. The van der Waals surface area contributed by atoms with E-state index in [-0.39, 0.29) is 5.69 Å². The minimum Gasteiger partial charge on any atom is -0.272 e. The zero-order chi connectivity index (χ0) is 17.8. The maximum Gasteiger partial charge on any atom is 0.289 e. The zero-order valence-corrected chi connectivity index (χ0v) is 14.9. The molecule has 25 heavy (non-hydrogen) atoms. The maximum absolute atomic E-state index is 12.1. The molecule has 3 rings (SSSR count). The molecule has 0 bridgehead atoms. The Kier molecular flexibility index (Phi) is 5.38. The molecule has 0 aliphatic carbocycles. The Morgan fingerprint density at radius 2 is 1.76 bits per heavy atom. The molecule has 2 aromatic carbocycles. The molecule has 8 heteroatoms. The summed E-state index contributed by atoms with van der Waals surface area (Å²) in [5, 5.41) is 12.2. The average Bonchev–Trinajstić information content (AvgIpc) is 3.08. The number of aromatic amines is 1. The van der Waals surface area contributed by atoms with E-state index in [1.807, 2.05) is 12.1 Å². The van der Waals surface area contributed by atoms with Crippen LogP contribution < -0.4 is 5.43 Å². The Bertz CT molecular complexity index is 915. The molecule has 0 atom stereocenters. The Hall–Kier alpha value is -2.34. The van der Waals surface area contributed by atoms with Gasteiger partial charge < -0.3 is 0 Å². The number of hydrogen-bond donors (Lipinski definition) is 2. The van der Waals surface area contributed by atoms with E-state index in [2.05, 4.69) is 20.7 Å². The number of carbonyl (C=O) groups excluding carboxylic acids is 1. The lowest BCUT2D eigenvalue weighted by atomic mass is 10.1. The fourth-order valence-corrected chi connectivity index (χ4v) is 2.68. The molecule has 0 unspecified atom stereocenters. The highest BCUT2D eigenvalue weighted by atomic mass is 35.5. The van der Waals surface area contributed by atoms with Crippen molar-refractivity contribution in [3.63, 3.8) is 0 Å². The van der Waals surface area contributed by atoms with Crippen molar-refractivity contribution in [1.29, 1.82) is 0 Å².